The standard InChI is InChI=1S/C21H25ClN2O3/c1-20(2,3)24(19(25)26)13-21(7-8-21)14-27-18-10-16(11-23-12-18)15-5-4-6-17(22)9-15/h4-6,9-12H,7-8,13-14H2,1-3H3,(H,25,26). The van der Waals surface area contributed by atoms with Gasteiger partial charge in [-0.3, -0.25) is 4.98 Å². The highest BCUT2D eigenvalue weighted by Crippen LogP contribution is 2.47. The first-order valence-corrected chi connectivity index (χ1v) is 9.41. The summed E-state index contributed by atoms with van der Waals surface area (Å²) in [5, 5.41) is 10.2. The lowest BCUT2D eigenvalue weighted by Gasteiger charge is -2.36. The Hall–Kier alpha value is -2.27. The van der Waals surface area contributed by atoms with E-state index in [1.807, 2.05) is 51.1 Å². The summed E-state index contributed by atoms with van der Waals surface area (Å²) >= 11 is 6.07. The molecule has 0 aliphatic heterocycles. The Morgan fingerprint density at radius 2 is 2.00 bits per heavy atom. The Morgan fingerprint density at radius 1 is 1.26 bits per heavy atom. The van der Waals surface area contributed by atoms with Crippen LogP contribution in [-0.4, -0.2) is 39.8 Å². The number of benzene rings is 1. The molecule has 0 radical (unpaired) electrons. The van der Waals surface area contributed by atoms with Crippen molar-refractivity contribution in [1.82, 2.24) is 9.88 Å². The van der Waals surface area contributed by atoms with Crippen LogP contribution in [0.2, 0.25) is 5.02 Å². The number of ether oxygens (including phenoxy) is 1. The molecule has 1 fully saturated rings. The summed E-state index contributed by atoms with van der Waals surface area (Å²) in [7, 11) is 0. The van der Waals surface area contributed by atoms with Crippen molar-refractivity contribution < 1.29 is 14.6 Å². The van der Waals surface area contributed by atoms with Gasteiger partial charge in [0.1, 0.15) is 5.75 Å². The molecule has 0 saturated heterocycles. The number of aromatic nitrogens is 1. The summed E-state index contributed by atoms with van der Waals surface area (Å²) in [6, 6.07) is 9.53. The predicted molar refractivity (Wildman–Crippen MR) is 106 cm³/mol. The third-order valence-corrected chi connectivity index (χ3v) is 5.14. The number of carbonyl (C=O) groups is 1. The largest absolute Gasteiger partial charge is 0.491 e. The normalized spacial score (nSPS) is 15.3. The molecule has 1 amide bonds. The van der Waals surface area contributed by atoms with Crippen molar-refractivity contribution in [2.24, 2.45) is 5.41 Å². The van der Waals surface area contributed by atoms with E-state index in [4.69, 9.17) is 16.3 Å². The molecule has 27 heavy (non-hydrogen) atoms. The van der Waals surface area contributed by atoms with E-state index < -0.39 is 11.6 Å². The molecule has 1 saturated carbocycles. The first kappa shape index (κ1) is 19.5. The van der Waals surface area contributed by atoms with Crippen LogP contribution in [0.3, 0.4) is 0 Å². The molecule has 2 aromatic rings. The SMILES string of the molecule is CC(C)(C)N(CC1(COc2cncc(-c3cccc(Cl)c3)c2)CC1)C(=O)O. The van der Waals surface area contributed by atoms with Gasteiger partial charge in [-0.1, -0.05) is 23.7 Å². The summed E-state index contributed by atoms with van der Waals surface area (Å²) in [5.41, 5.74) is 1.36. The lowest BCUT2D eigenvalue weighted by Crippen LogP contribution is -2.48. The summed E-state index contributed by atoms with van der Waals surface area (Å²) in [4.78, 5) is 17.4. The van der Waals surface area contributed by atoms with E-state index in [1.165, 1.54) is 4.90 Å². The lowest BCUT2D eigenvalue weighted by atomic mass is 10.0. The fourth-order valence-corrected chi connectivity index (χ4v) is 3.20. The van der Waals surface area contributed by atoms with E-state index in [2.05, 4.69) is 4.98 Å². The molecule has 5 nitrogen and oxygen atoms in total. The zero-order valence-electron chi connectivity index (χ0n) is 15.9. The minimum Gasteiger partial charge on any atom is -0.491 e. The van der Waals surface area contributed by atoms with Gasteiger partial charge < -0.3 is 14.7 Å². The number of halogens is 1. The molecular weight excluding hydrogens is 364 g/mol. The maximum atomic E-state index is 11.6. The third-order valence-electron chi connectivity index (χ3n) is 4.91. The van der Waals surface area contributed by atoms with Gasteiger partial charge in [-0.2, -0.15) is 0 Å². The number of carboxylic acid groups (broad SMARTS) is 1. The summed E-state index contributed by atoms with van der Waals surface area (Å²) in [6.45, 7) is 6.70. The van der Waals surface area contributed by atoms with E-state index in [1.54, 1.807) is 12.4 Å². The van der Waals surface area contributed by atoms with Crippen LogP contribution in [0.25, 0.3) is 11.1 Å². The van der Waals surface area contributed by atoms with E-state index >= 15 is 0 Å². The van der Waals surface area contributed by atoms with Crippen LogP contribution in [0, 0.1) is 5.41 Å². The molecule has 1 heterocycles. The van der Waals surface area contributed by atoms with Crippen LogP contribution >= 0.6 is 11.6 Å². The second-order valence-corrected chi connectivity index (χ2v) is 8.68. The second-order valence-electron chi connectivity index (χ2n) is 8.25. The van der Waals surface area contributed by atoms with Crippen LogP contribution in [0.5, 0.6) is 5.75 Å². The van der Waals surface area contributed by atoms with Crippen LogP contribution in [0.1, 0.15) is 33.6 Å². The molecule has 1 aromatic heterocycles. The van der Waals surface area contributed by atoms with E-state index in [0.29, 0.717) is 23.9 Å². The summed E-state index contributed by atoms with van der Waals surface area (Å²) in [5.74, 6) is 0.677. The van der Waals surface area contributed by atoms with Crippen LogP contribution in [-0.2, 0) is 0 Å². The van der Waals surface area contributed by atoms with Crippen LogP contribution < -0.4 is 4.74 Å². The van der Waals surface area contributed by atoms with E-state index in [0.717, 1.165) is 24.0 Å². The van der Waals surface area contributed by atoms with Crippen LogP contribution in [0.15, 0.2) is 42.7 Å². The monoisotopic (exact) mass is 388 g/mol. The number of nitrogens with zero attached hydrogens (tertiary/aromatic N) is 2. The maximum Gasteiger partial charge on any atom is 0.407 e. The van der Waals surface area contributed by atoms with Gasteiger partial charge in [-0.05, 0) is 57.4 Å². The number of hydrogen-bond donors (Lipinski definition) is 1. The molecule has 1 aromatic carbocycles. The Bertz CT molecular complexity index is 828. The number of rotatable bonds is 6. The topological polar surface area (TPSA) is 62.7 Å². The molecule has 0 atom stereocenters. The van der Waals surface area contributed by atoms with Crippen molar-refractivity contribution >= 4 is 17.7 Å². The smallest absolute Gasteiger partial charge is 0.407 e. The molecule has 1 N–H and O–H groups in total. The van der Waals surface area contributed by atoms with Gasteiger partial charge in [0.2, 0.25) is 0 Å². The van der Waals surface area contributed by atoms with Gasteiger partial charge >= 0.3 is 6.09 Å². The minimum absolute atomic E-state index is 0.113. The highest BCUT2D eigenvalue weighted by Gasteiger charge is 2.47. The van der Waals surface area contributed by atoms with Gasteiger partial charge in [-0.25, -0.2) is 4.79 Å². The zero-order valence-corrected chi connectivity index (χ0v) is 16.7. The molecule has 144 valence electrons. The van der Waals surface area contributed by atoms with Crippen molar-refractivity contribution in [3.63, 3.8) is 0 Å². The molecular formula is C21H25ClN2O3. The number of hydrogen-bond acceptors (Lipinski definition) is 3. The van der Waals surface area contributed by atoms with Gasteiger partial charge in [0, 0.05) is 34.3 Å². The van der Waals surface area contributed by atoms with Crippen molar-refractivity contribution in [2.75, 3.05) is 13.2 Å². The van der Waals surface area contributed by atoms with Gasteiger partial charge in [-0.15, -0.1) is 0 Å². The van der Waals surface area contributed by atoms with Gasteiger partial charge in [0.15, 0.2) is 0 Å². The number of amides is 1. The van der Waals surface area contributed by atoms with E-state index in [9.17, 15) is 9.90 Å². The molecule has 0 unspecified atom stereocenters. The zero-order chi connectivity index (χ0) is 19.7. The van der Waals surface area contributed by atoms with Crippen molar-refractivity contribution in [3.05, 3.63) is 47.7 Å². The molecule has 6 heteroatoms. The lowest BCUT2D eigenvalue weighted by molar-refractivity contribution is 0.0746. The fourth-order valence-electron chi connectivity index (χ4n) is 3.01. The second kappa shape index (κ2) is 7.39. The minimum atomic E-state index is -0.890. The molecule has 1 aliphatic carbocycles. The average molecular weight is 389 g/mol. The van der Waals surface area contributed by atoms with E-state index in [-0.39, 0.29) is 5.41 Å². The number of pyridine rings is 1. The first-order valence-electron chi connectivity index (χ1n) is 9.03. The van der Waals surface area contributed by atoms with Crippen molar-refractivity contribution in [1.29, 1.82) is 0 Å². The first-order chi connectivity index (χ1) is 12.7. The molecule has 1 aliphatic rings. The molecule has 0 spiro atoms. The molecule has 0 bridgehead atoms. The Kier molecular flexibility index (Phi) is 5.33. The van der Waals surface area contributed by atoms with Crippen molar-refractivity contribution in [3.8, 4) is 16.9 Å². The summed E-state index contributed by atoms with van der Waals surface area (Å²) < 4.78 is 6.00. The van der Waals surface area contributed by atoms with Crippen molar-refractivity contribution in [2.45, 2.75) is 39.2 Å². The quantitative estimate of drug-likeness (QED) is 0.725. The summed E-state index contributed by atoms with van der Waals surface area (Å²) in [6.07, 6.45) is 4.50. The molecule has 3 rings (SSSR count). The maximum absolute atomic E-state index is 11.6. The third kappa shape index (κ3) is 4.92. The van der Waals surface area contributed by atoms with Crippen LogP contribution in [0.4, 0.5) is 4.79 Å². The predicted octanol–water partition coefficient (Wildman–Crippen LogP) is 5.34. The average Bonchev–Trinajstić information content (AvgIpc) is 3.37. The highest BCUT2D eigenvalue weighted by atomic mass is 35.5. The van der Waals surface area contributed by atoms with Gasteiger partial charge in [0.25, 0.3) is 0 Å². The highest BCUT2D eigenvalue weighted by molar-refractivity contribution is 6.30. The van der Waals surface area contributed by atoms with Gasteiger partial charge in [0.05, 0.1) is 12.8 Å². The fraction of sp³-hybridized carbons (Fsp3) is 0.429. The Morgan fingerprint density at radius 3 is 2.59 bits per heavy atom. The Balaban J connectivity index is 1.68. The Labute approximate surface area is 164 Å².